The van der Waals surface area contributed by atoms with E-state index in [1.807, 2.05) is 26.1 Å². The molecule has 0 bridgehead atoms. The van der Waals surface area contributed by atoms with E-state index in [-0.39, 0.29) is 5.91 Å². The Balaban J connectivity index is 1.55. The minimum absolute atomic E-state index is 0.0690. The highest BCUT2D eigenvalue weighted by atomic mass is 16.5. The number of amides is 1. The summed E-state index contributed by atoms with van der Waals surface area (Å²) in [5, 5.41) is 11.3. The molecule has 1 amide bonds. The lowest BCUT2D eigenvalue weighted by Gasteiger charge is -2.20. The number of hydrogen-bond acceptors (Lipinski definition) is 4. The van der Waals surface area contributed by atoms with E-state index in [0.29, 0.717) is 24.7 Å². The Morgan fingerprint density at radius 3 is 2.83 bits per heavy atom. The van der Waals surface area contributed by atoms with Crippen LogP contribution < -0.4 is 5.32 Å². The smallest absolute Gasteiger partial charge is 0.225 e. The van der Waals surface area contributed by atoms with Crippen molar-refractivity contribution in [3.8, 4) is 0 Å². The molecule has 0 radical (unpaired) electrons. The first-order valence-electron chi connectivity index (χ1n) is 8.37. The Kier molecular flexibility index (Phi) is 4.79. The monoisotopic (exact) mass is 316 g/mol. The molecule has 1 saturated carbocycles. The Morgan fingerprint density at radius 2 is 2.13 bits per heavy atom. The second-order valence-corrected chi connectivity index (χ2v) is 6.46. The van der Waals surface area contributed by atoms with Gasteiger partial charge in [0.25, 0.3) is 0 Å². The van der Waals surface area contributed by atoms with Crippen molar-refractivity contribution in [1.29, 1.82) is 0 Å². The first-order valence-corrected chi connectivity index (χ1v) is 8.37. The lowest BCUT2D eigenvalue weighted by atomic mass is 9.87. The third kappa shape index (κ3) is 4.00. The predicted molar refractivity (Wildman–Crippen MR) is 87.1 cm³/mol. The molecule has 23 heavy (non-hydrogen) atoms. The van der Waals surface area contributed by atoms with Crippen LogP contribution in [0.3, 0.4) is 0 Å². The van der Waals surface area contributed by atoms with E-state index in [9.17, 15) is 4.79 Å². The second-order valence-electron chi connectivity index (χ2n) is 6.46. The number of nitrogens with one attached hydrogen (secondary N) is 1. The van der Waals surface area contributed by atoms with Crippen LogP contribution in [0.25, 0.3) is 0 Å². The third-order valence-electron chi connectivity index (χ3n) is 4.61. The molecule has 1 fully saturated rings. The molecular formula is C17H24N4O2. The fraction of sp³-hybridized carbons (Fsp3) is 0.588. The van der Waals surface area contributed by atoms with Crippen LogP contribution in [0.2, 0.25) is 0 Å². The molecule has 1 N–H and O–H groups in total. The average Bonchev–Trinajstić information content (AvgIpc) is 3.10. The van der Waals surface area contributed by atoms with E-state index < -0.39 is 0 Å². The van der Waals surface area contributed by atoms with E-state index in [4.69, 9.17) is 4.52 Å². The minimum atomic E-state index is 0.0690. The van der Waals surface area contributed by atoms with Gasteiger partial charge in [0.05, 0.1) is 12.2 Å². The van der Waals surface area contributed by atoms with Gasteiger partial charge in [-0.1, -0.05) is 24.4 Å². The van der Waals surface area contributed by atoms with Crippen molar-refractivity contribution in [2.45, 2.75) is 58.9 Å². The standard InChI is InChI=1S/C17H24N4O2/c1-12-15(13(2)23-20-12)11-21-9-8-16(19-21)18-17(22)10-14-6-4-3-5-7-14/h8-9,14H,3-7,10-11H2,1-2H3,(H,18,19,22). The maximum Gasteiger partial charge on any atom is 0.225 e. The van der Waals surface area contributed by atoms with Crippen molar-refractivity contribution in [2.75, 3.05) is 5.32 Å². The van der Waals surface area contributed by atoms with Crippen LogP contribution in [0.4, 0.5) is 5.82 Å². The predicted octanol–water partition coefficient (Wildman–Crippen LogP) is 3.45. The van der Waals surface area contributed by atoms with Gasteiger partial charge in [-0.3, -0.25) is 9.48 Å². The van der Waals surface area contributed by atoms with Crippen molar-refractivity contribution in [3.05, 3.63) is 29.3 Å². The van der Waals surface area contributed by atoms with Crippen molar-refractivity contribution < 1.29 is 9.32 Å². The molecule has 2 aromatic rings. The zero-order chi connectivity index (χ0) is 16.2. The topological polar surface area (TPSA) is 73.0 Å². The summed E-state index contributed by atoms with van der Waals surface area (Å²) >= 11 is 0. The number of hydrogen-bond donors (Lipinski definition) is 1. The Hall–Kier alpha value is -2.11. The van der Waals surface area contributed by atoms with Crippen LogP contribution in [-0.2, 0) is 11.3 Å². The Morgan fingerprint density at radius 1 is 1.35 bits per heavy atom. The molecule has 2 aromatic heterocycles. The number of aromatic nitrogens is 3. The fourth-order valence-corrected chi connectivity index (χ4v) is 3.25. The minimum Gasteiger partial charge on any atom is -0.361 e. The molecule has 1 aliphatic rings. The van der Waals surface area contributed by atoms with E-state index in [1.54, 1.807) is 4.68 Å². The number of anilines is 1. The van der Waals surface area contributed by atoms with E-state index >= 15 is 0 Å². The lowest BCUT2D eigenvalue weighted by Crippen LogP contribution is -2.18. The fourth-order valence-electron chi connectivity index (χ4n) is 3.25. The molecule has 0 aliphatic heterocycles. The highest BCUT2D eigenvalue weighted by molar-refractivity contribution is 5.89. The van der Waals surface area contributed by atoms with Crippen LogP contribution in [0.1, 0.15) is 55.5 Å². The second kappa shape index (κ2) is 6.98. The summed E-state index contributed by atoms with van der Waals surface area (Å²) in [6, 6.07) is 1.83. The van der Waals surface area contributed by atoms with Crippen LogP contribution in [0, 0.1) is 19.8 Å². The highest BCUT2D eigenvalue weighted by Gasteiger charge is 2.17. The largest absolute Gasteiger partial charge is 0.361 e. The molecule has 2 heterocycles. The molecule has 1 aliphatic carbocycles. The molecule has 6 heteroatoms. The van der Waals surface area contributed by atoms with Crippen LogP contribution >= 0.6 is 0 Å². The van der Waals surface area contributed by atoms with Crippen molar-refractivity contribution in [3.63, 3.8) is 0 Å². The summed E-state index contributed by atoms with van der Waals surface area (Å²) in [7, 11) is 0. The molecule has 0 aromatic carbocycles. The molecule has 0 atom stereocenters. The zero-order valence-corrected chi connectivity index (χ0v) is 13.8. The highest BCUT2D eigenvalue weighted by Crippen LogP contribution is 2.26. The Labute approximate surface area is 136 Å². The van der Waals surface area contributed by atoms with Crippen LogP contribution in [0.15, 0.2) is 16.8 Å². The van der Waals surface area contributed by atoms with Gasteiger partial charge in [0, 0.05) is 24.2 Å². The first-order chi connectivity index (χ1) is 11.1. The number of carbonyl (C=O) groups is 1. The number of rotatable bonds is 5. The first kappa shape index (κ1) is 15.8. The van der Waals surface area contributed by atoms with Gasteiger partial charge in [-0.2, -0.15) is 5.10 Å². The summed E-state index contributed by atoms with van der Waals surface area (Å²) in [4.78, 5) is 12.1. The van der Waals surface area contributed by atoms with Gasteiger partial charge >= 0.3 is 0 Å². The molecule has 124 valence electrons. The van der Waals surface area contributed by atoms with Gasteiger partial charge in [0.2, 0.25) is 5.91 Å². The molecule has 6 nitrogen and oxygen atoms in total. The summed E-state index contributed by atoms with van der Waals surface area (Å²) in [5.74, 6) is 2.02. The summed E-state index contributed by atoms with van der Waals surface area (Å²) in [6.07, 6.45) is 8.64. The van der Waals surface area contributed by atoms with Crippen molar-refractivity contribution in [2.24, 2.45) is 5.92 Å². The van der Waals surface area contributed by atoms with Crippen molar-refractivity contribution >= 4 is 11.7 Å². The molecule has 0 spiro atoms. The van der Waals surface area contributed by atoms with Gasteiger partial charge in [0.15, 0.2) is 5.82 Å². The lowest BCUT2D eigenvalue weighted by molar-refractivity contribution is -0.117. The average molecular weight is 316 g/mol. The van der Waals surface area contributed by atoms with Crippen LogP contribution in [-0.4, -0.2) is 20.8 Å². The molecule has 3 rings (SSSR count). The quantitative estimate of drug-likeness (QED) is 0.917. The van der Waals surface area contributed by atoms with Gasteiger partial charge < -0.3 is 9.84 Å². The molecule has 0 saturated heterocycles. The summed E-state index contributed by atoms with van der Waals surface area (Å²) < 4.78 is 6.96. The van der Waals surface area contributed by atoms with Crippen molar-refractivity contribution in [1.82, 2.24) is 14.9 Å². The molecule has 0 unspecified atom stereocenters. The van der Waals surface area contributed by atoms with E-state index in [0.717, 1.165) is 17.0 Å². The van der Waals surface area contributed by atoms with E-state index in [1.165, 1.54) is 32.1 Å². The maximum absolute atomic E-state index is 12.1. The Bertz CT molecular complexity index is 648. The van der Waals surface area contributed by atoms with Gasteiger partial charge in [-0.25, -0.2) is 0 Å². The SMILES string of the molecule is Cc1noc(C)c1Cn1ccc(NC(=O)CC2CCCCC2)n1. The van der Waals surface area contributed by atoms with E-state index in [2.05, 4.69) is 15.6 Å². The van der Waals surface area contributed by atoms with Gasteiger partial charge in [0.1, 0.15) is 5.76 Å². The van der Waals surface area contributed by atoms with Gasteiger partial charge in [-0.15, -0.1) is 0 Å². The maximum atomic E-state index is 12.1. The third-order valence-corrected chi connectivity index (χ3v) is 4.61. The van der Waals surface area contributed by atoms with Crippen LogP contribution in [0.5, 0.6) is 0 Å². The number of aryl methyl sites for hydroxylation is 2. The zero-order valence-electron chi connectivity index (χ0n) is 13.8. The number of carbonyl (C=O) groups excluding carboxylic acids is 1. The normalized spacial score (nSPS) is 15.7. The summed E-state index contributed by atoms with van der Waals surface area (Å²) in [6.45, 7) is 4.41. The summed E-state index contributed by atoms with van der Waals surface area (Å²) in [5.41, 5.74) is 1.91. The number of nitrogens with zero attached hydrogens (tertiary/aromatic N) is 3. The van der Waals surface area contributed by atoms with Gasteiger partial charge in [-0.05, 0) is 32.6 Å². The molecular weight excluding hydrogens is 292 g/mol.